The average molecular weight is 368 g/mol. The van der Waals surface area contributed by atoms with Gasteiger partial charge < -0.3 is 20.1 Å². The first kappa shape index (κ1) is 19.1. The van der Waals surface area contributed by atoms with E-state index in [0.717, 1.165) is 48.1 Å². The van der Waals surface area contributed by atoms with Crippen LogP contribution in [-0.4, -0.2) is 20.3 Å². The molecule has 0 atom stereocenters. The molecule has 0 unspecified atom stereocenters. The number of rotatable bonds is 7. The van der Waals surface area contributed by atoms with Crippen LogP contribution in [0, 0.1) is 0 Å². The highest BCUT2D eigenvalue weighted by molar-refractivity contribution is 5.92. The Morgan fingerprint density at radius 2 is 1.63 bits per heavy atom. The Morgan fingerprint density at radius 3 is 2.15 bits per heavy atom. The highest BCUT2D eigenvalue weighted by Crippen LogP contribution is 2.47. The van der Waals surface area contributed by atoms with Crippen molar-refractivity contribution < 1.29 is 14.3 Å². The molecule has 0 aromatic heterocycles. The number of ether oxygens (including phenoxy) is 2. The van der Waals surface area contributed by atoms with Gasteiger partial charge in [-0.3, -0.25) is 0 Å². The minimum absolute atomic E-state index is 0.169. The molecule has 1 aliphatic carbocycles. The second kappa shape index (κ2) is 7.91. The number of benzene rings is 2. The highest BCUT2D eigenvalue weighted by atomic mass is 16.5. The van der Waals surface area contributed by atoms with Gasteiger partial charge in [-0.25, -0.2) is 4.79 Å². The Labute approximate surface area is 161 Å². The molecule has 2 amide bonds. The van der Waals surface area contributed by atoms with Crippen molar-refractivity contribution in [1.29, 1.82) is 0 Å². The second-order valence-corrected chi connectivity index (χ2v) is 6.89. The monoisotopic (exact) mass is 368 g/mol. The maximum atomic E-state index is 12.8. The molecule has 3 rings (SSSR count). The lowest BCUT2D eigenvalue weighted by Crippen LogP contribution is -2.38. The molecule has 0 spiro atoms. The third-order valence-electron chi connectivity index (χ3n) is 5.28. The summed E-state index contributed by atoms with van der Waals surface area (Å²) in [7, 11) is 3.24. The molecule has 0 aliphatic heterocycles. The molecule has 2 aromatic carbocycles. The molecule has 144 valence electrons. The van der Waals surface area contributed by atoms with Crippen LogP contribution < -0.4 is 20.1 Å². The summed E-state index contributed by atoms with van der Waals surface area (Å²) in [4.78, 5) is 12.8. The van der Waals surface area contributed by atoms with Crippen molar-refractivity contribution in [3.05, 3.63) is 53.1 Å². The van der Waals surface area contributed by atoms with Crippen molar-refractivity contribution in [2.75, 3.05) is 19.5 Å². The lowest BCUT2D eigenvalue weighted by molar-refractivity contribution is 0.247. The predicted octanol–water partition coefficient (Wildman–Crippen LogP) is 4.64. The number of urea groups is 1. The van der Waals surface area contributed by atoms with Crippen LogP contribution in [0.25, 0.3) is 0 Å². The van der Waals surface area contributed by atoms with Crippen LogP contribution in [0.4, 0.5) is 10.5 Å². The molecule has 27 heavy (non-hydrogen) atoms. The number of aryl methyl sites for hydroxylation is 2. The van der Waals surface area contributed by atoms with E-state index in [2.05, 4.69) is 36.6 Å². The van der Waals surface area contributed by atoms with Crippen LogP contribution >= 0.6 is 0 Å². The minimum atomic E-state index is -0.336. The van der Waals surface area contributed by atoms with Gasteiger partial charge in [0.25, 0.3) is 0 Å². The highest BCUT2D eigenvalue weighted by Gasteiger charge is 2.46. The van der Waals surface area contributed by atoms with E-state index in [1.54, 1.807) is 14.2 Å². The number of nitrogens with one attached hydrogen (secondary N) is 2. The molecule has 2 aromatic rings. The normalized spacial score (nSPS) is 14.4. The summed E-state index contributed by atoms with van der Waals surface area (Å²) in [6, 6.07) is 11.8. The number of para-hydroxylation sites is 1. The van der Waals surface area contributed by atoms with Crippen LogP contribution in [0.2, 0.25) is 0 Å². The fourth-order valence-electron chi connectivity index (χ4n) is 3.51. The van der Waals surface area contributed by atoms with Crippen molar-refractivity contribution in [3.8, 4) is 11.5 Å². The summed E-state index contributed by atoms with van der Waals surface area (Å²) >= 11 is 0. The van der Waals surface area contributed by atoms with Gasteiger partial charge in [0.15, 0.2) is 11.5 Å². The zero-order valence-electron chi connectivity index (χ0n) is 16.5. The van der Waals surface area contributed by atoms with Gasteiger partial charge in [-0.15, -0.1) is 0 Å². The molecule has 0 bridgehead atoms. The third-order valence-corrected chi connectivity index (χ3v) is 5.28. The first-order valence-corrected chi connectivity index (χ1v) is 9.49. The Kier molecular flexibility index (Phi) is 5.59. The van der Waals surface area contributed by atoms with Crippen LogP contribution in [0.1, 0.15) is 43.4 Å². The summed E-state index contributed by atoms with van der Waals surface area (Å²) in [6.45, 7) is 4.20. The molecule has 1 saturated carbocycles. The molecule has 2 N–H and O–H groups in total. The van der Waals surface area contributed by atoms with E-state index in [-0.39, 0.29) is 11.6 Å². The predicted molar refractivity (Wildman–Crippen MR) is 108 cm³/mol. The molecule has 5 heteroatoms. The number of anilines is 1. The summed E-state index contributed by atoms with van der Waals surface area (Å²) in [5.41, 5.74) is 3.94. The van der Waals surface area contributed by atoms with Gasteiger partial charge in [0.1, 0.15) is 0 Å². The van der Waals surface area contributed by atoms with E-state index in [4.69, 9.17) is 9.47 Å². The topological polar surface area (TPSA) is 59.6 Å². The maximum Gasteiger partial charge on any atom is 0.319 e. The van der Waals surface area contributed by atoms with Crippen molar-refractivity contribution in [2.24, 2.45) is 0 Å². The zero-order valence-corrected chi connectivity index (χ0v) is 16.5. The largest absolute Gasteiger partial charge is 0.493 e. The Hall–Kier alpha value is -2.69. The summed E-state index contributed by atoms with van der Waals surface area (Å²) in [5, 5.41) is 6.27. The molecular weight excluding hydrogens is 340 g/mol. The fraction of sp³-hybridized carbons (Fsp3) is 0.409. The quantitative estimate of drug-likeness (QED) is 0.748. The summed E-state index contributed by atoms with van der Waals surface area (Å²) in [6.07, 6.45) is 3.58. The van der Waals surface area contributed by atoms with Gasteiger partial charge in [0.05, 0.1) is 19.8 Å². The minimum Gasteiger partial charge on any atom is -0.493 e. The number of carbonyl (C=O) groups excluding carboxylic acids is 1. The molecule has 0 radical (unpaired) electrons. The lowest BCUT2D eigenvalue weighted by atomic mass is 10.0. The van der Waals surface area contributed by atoms with Crippen LogP contribution in [0.15, 0.2) is 36.4 Å². The number of amides is 2. The SMILES string of the molecule is CCc1cccc(CC)c1NC(=O)NC1(c2ccc(OC)c(OC)c2)CC1. The molecular formula is C22H28N2O3. The van der Waals surface area contributed by atoms with Gasteiger partial charge in [-0.05, 0) is 54.5 Å². The van der Waals surface area contributed by atoms with Gasteiger partial charge >= 0.3 is 6.03 Å². The second-order valence-electron chi connectivity index (χ2n) is 6.89. The van der Waals surface area contributed by atoms with E-state index in [1.165, 1.54) is 0 Å². The van der Waals surface area contributed by atoms with Crippen molar-refractivity contribution >= 4 is 11.7 Å². The van der Waals surface area contributed by atoms with Gasteiger partial charge in [0.2, 0.25) is 0 Å². The first-order chi connectivity index (χ1) is 13.1. The zero-order chi connectivity index (χ0) is 19.4. The van der Waals surface area contributed by atoms with Crippen molar-refractivity contribution in [3.63, 3.8) is 0 Å². The third kappa shape index (κ3) is 3.87. The standard InChI is InChI=1S/C22H28N2O3/c1-5-15-8-7-9-16(6-2)20(15)23-21(25)24-22(12-13-22)17-10-11-18(26-3)19(14-17)27-4/h7-11,14H,5-6,12-13H2,1-4H3,(H2,23,24,25). The summed E-state index contributed by atoms with van der Waals surface area (Å²) < 4.78 is 10.7. The van der Waals surface area contributed by atoms with Gasteiger partial charge in [-0.1, -0.05) is 38.1 Å². The molecule has 1 aliphatic rings. The van der Waals surface area contributed by atoms with Crippen LogP contribution in [-0.2, 0) is 18.4 Å². The van der Waals surface area contributed by atoms with E-state index in [9.17, 15) is 4.79 Å². The Balaban J connectivity index is 1.79. The Bertz CT molecular complexity index is 806. The average Bonchev–Trinajstić information content (AvgIpc) is 3.47. The number of hydrogen-bond acceptors (Lipinski definition) is 3. The Morgan fingerprint density at radius 1 is 1.00 bits per heavy atom. The van der Waals surface area contributed by atoms with E-state index < -0.39 is 0 Å². The number of carbonyl (C=O) groups is 1. The smallest absolute Gasteiger partial charge is 0.319 e. The van der Waals surface area contributed by atoms with Crippen LogP contribution in [0.3, 0.4) is 0 Å². The summed E-state index contributed by atoms with van der Waals surface area (Å²) in [5.74, 6) is 1.36. The number of hydrogen-bond donors (Lipinski definition) is 2. The van der Waals surface area contributed by atoms with E-state index >= 15 is 0 Å². The lowest BCUT2D eigenvalue weighted by Gasteiger charge is -2.21. The molecule has 0 saturated heterocycles. The molecule has 1 fully saturated rings. The van der Waals surface area contributed by atoms with Gasteiger partial charge in [-0.2, -0.15) is 0 Å². The first-order valence-electron chi connectivity index (χ1n) is 9.49. The maximum absolute atomic E-state index is 12.8. The van der Waals surface area contributed by atoms with E-state index in [1.807, 2.05) is 24.3 Å². The van der Waals surface area contributed by atoms with Crippen molar-refractivity contribution in [2.45, 2.75) is 45.1 Å². The molecule has 0 heterocycles. The van der Waals surface area contributed by atoms with Crippen molar-refractivity contribution in [1.82, 2.24) is 5.32 Å². The molecule has 5 nitrogen and oxygen atoms in total. The van der Waals surface area contributed by atoms with Gasteiger partial charge in [0, 0.05) is 5.69 Å². The number of methoxy groups -OCH3 is 2. The fourth-order valence-corrected chi connectivity index (χ4v) is 3.51. The van der Waals surface area contributed by atoms with E-state index in [0.29, 0.717) is 11.5 Å². The van der Waals surface area contributed by atoms with Crippen LogP contribution in [0.5, 0.6) is 11.5 Å².